The lowest BCUT2D eigenvalue weighted by molar-refractivity contribution is -0.124. The largest absolute Gasteiger partial charge is 0.452 e. The summed E-state index contributed by atoms with van der Waals surface area (Å²) < 4.78 is 4.94. The molecule has 104 valence electrons. The Balaban J connectivity index is 2.51. The Morgan fingerprint density at radius 2 is 2.11 bits per heavy atom. The number of nitrogen functional groups attached to an aromatic ring is 1. The number of nitrogens with two attached hydrogens (primary N) is 1. The molecule has 1 unspecified atom stereocenters. The normalized spacial score (nSPS) is 11.7. The van der Waals surface area contributed by atoms with Crippen LogP contribution in [0.3, 0.4) is 0 Å². The number of anilines is 1. The van der Waals surface area contributed by atoms with Crippen LogP contribution in [0.1, 0.15) is 36.2 Å². The van der Waals surface area contributed by atoms with Crippen molar-refractivity contribution in [3.63, 3.8) is 0 Å². The van der Waals surface area contributed by atoms with Gasteiger partial charge in [-0.05, 0) is 44.0 Å². The van der Waals surface area contributed by atoms with Crippen LogP contribution in [0.15, 0.2) is 18.2 Å². The Labute approximate surface area is 113 Å². The molecule has 0 bridgehead atoms. The molecule has 0 fully saturated rings. The van der Waals surface area contributed by atoms with Gasteiger partial charge in [-0.1, -0.05) is 6.92 Å². The average molecular weight is 264 g/mol. The third-order valence-corrected chi connectivity index (χ3v) is 2.86. The second kappa shape index (κ2) is 6.78. The van der Waals surface area contributed by atoms with Gasteiger partial charge >= 0.3 is 5.97 Å². The van der Waals surface area contributed by atoms with Gasteiger partial charge in [0.1, 0.15) is 0 Å². The fourth-order valence-corrected chi connectivity index (χ4v) is 1.44. The topological polar surface area (TPSA) is 81.4 Å². The number of rotatable bonds is 5. The Bertz CT molecular complexity index is 472. The Morgan fingerprint density at radius 3 is 2.68 bits per heavy atom. The first-order valence-electron chi connectivity index (χ1n) is 6.26. The van der Waals surface area contributed by atoms with E-state index in [2.05, 4.69) is 5.32 Å². The van der Waals surface area contributed by atoms with Gasteiger partial charge in [0.15, 0.2) is 6.61 Å². The summed E-state index contributed by atoms with van der Waals surface area (Å²) in [4.78, 5) is 23.2. The molecule has 5 heteroatoms. The average Bonchev–Trinajstić information content (AvgIpc) is 2.39. The molecule has 0 aliphatic rings. The van der Waals surface area contributed by atoms with Gasteiger partial charge in [0, 0.05) is 11.7 Å². The van der Waals surface area contributed by atoms with Gasteiger partial charge in [0.05, 0.1) is 5.56 Å². The molecule has 0 aliphatic carbocycles. The molecule has 5 nitrogen and oxygen atoms in total. The lowest BCUT2D eigenvalue weighted by atomic mass is 10.1. The molecule has 1 aromatic rings. The molecule has 1 rings (SSSR count). The zero-order valence-corrected chi connectivity index (χ0v) is 11.5. The monoisotopic (exact) mass is 264 g/mol. The maximum Gasteiger partial charge on any atom is 0.338 e. The van der Waals surface area contributed by atoms with Gasteiger partial charge in [-0.3, -0.25) is 4.79 Å². The van der Waals surface area contributed by atoms with Crippen molar-refractivity contribution in [3.8, 4) is 0 Å². The standard InChI is InChI=1S/C14H20N2O3/c1-4-10(3)16-13(17)8-19-14(18)11-5-6-12(15)9(2)7-11/h5-7,10H,4,8,15H2,1-3H3,(H,16,17). The van der Waals surface area contributed by atoms with Gasteiger partial charge in [-0.2, -0.15) is 0 Å². The highest BCUT2D eigenvalue weighted by Crippen LogP contribution is 2.13. The number of benzene rings is 1. The summed E-state index contributed by atoms with van der Waals surface area (Å²) in [7, 11) is 0. The van der Waals surface area contributed by atoms with Gasteiger partial charge in [0.25, 0.3) is 5.91 Å². The van der Waals surface area contributed by atoms with Gasteiger partial charge in [0.2, 0.25) is 0 Å². The Hall–Kier alpha value is -2.04. The number of hydrogen-bond donors (Lipinski definition) is 2. The smallest absolute Gasteiger partial charge is 0.338 e. The molecule has 3 N–H and O–H groups in total. The van der Waals surface area contributed by atoms with Crippen molar-refractivity contribution in [1.82, 2.24) is 5.32 Å². The predicted octanol–water partition coefficient (Wildman–Crippen LogP) is 1.65. The highest BCUT2D eigenvalue weighted by Gasteiger charge is 2.12. The summed E-state index contributed by atoms with van der Waals surface area (Å²) in [6.07, 6.45) is 0.830. The van der Waals surface area contributed by atoms with Crippen molar-refractivity contribution in [1.29, 1.82) is 0 Å². The van der Waals surface area contributed by atoms with Crippen LogP contribution in [0.2, 0.25) is 0 Å². The Kier molecular flexibility index (Phi) is 5.36. The third-order valence-electron chi connectivity index (χ3n) is 2.86. The summed E-state index contributed by atoms with van der Waals surface area (Å²) in [5.41, 5.74) is 7.48. The maximum atomic E-state index is 11.7. The van der Waals surface area contributed by atoms with E-state index in [1.807, 2.05) is 20.8 Å². The molecule has 0 heterocycles. The van der Waals surface area contributed by atoms with E-state index in [4.69, 9.17) is 10.5 Å². The van der Waals surface area contributed by atoms with Gasteiger partial charge in [-0.15, -0.1) is 0 Å². The van der Waals surface area contributed by atoms with Crippen molar-refractivity contribution >= 4 is 17.6 Å². The van der Waals surface area contributed by atoms with Crippen LogP contribution in [0.25, 0.3) is 0 Å². The third kappa shape index (κ3) is 4.62. The number of ether oxygens (including phenoxy) is 1. The van der Waals surface area contributed by atoms with Crippen molar-refractivity contribution in [2.45, 2.75) is 33.2 Å². The van der Waals surface area contributed by atoms with Crippen molar-refractivity contribution in [3.05, 3.63) is 29.3 Å². The second-order valence-corrected chi connectivity index (χ2v) is 4.52. The summed E-state index contributed by atoms with van der Waals surface area (Å²) >= 11 is 0. The number of amides is 1. The molecule has 0 saturated carbocycles. The first-order chi connectivity index (χ1) is 8.93. The highest BCUT2D eigenvalue weighted by molar-refractivity contribution is 5.92. The molecule has 19 heavy (non-hydrogen) atoms. The van der Waals surface area contributed by atoms with E-state index < -0.39 is 5.97 Å². The van der Waals surface area contributed by atoms with E-state index in [9.17, 15) is 9.59 Å². The second-order valence-electron chi connectivity index (χ2n) is 4.52. The summed E-state index contributed by atoms with van der Waals surface area (Å²) in [6.45, 7) is 5.39. The molecule has 1 amide bonds. The Morgan fingerprint density at radius 1 is 1.42 bits per heavy atom. The first-order valence-corrected chi connectivity index (χ1v) is 6.26. The minimum Gasteiger partial charge on any atom is -0.452 e. The van der Waals surface area contributed by atoms with Gasteiger partial charge in [-0.25, -0.2) is 4.79 Å². The maximum absolute atomic E-state index is 11.7. The summed E-state index contributed by atoms with van der Waals surface area (Å²) in [5, 5.41) is 2.72. The van der Waals surface area contributed by atoms with Crippen molar-refractivity contribution in [2.75, 3.05) is 12.3 Å². The SMILES string of the molecule is CCC(C)NC(=O)COC(=O)c1ccc(N)c(C)c1. The van der Waals surface area contributed by atoms with E-state index in [0.29, 0.717) is 11.3 Å². The van der Waals surface area contributed by atoms with Crippen LogP contribution in [0.5, 0.6) is 0 Å². The molecular weight excluding hydrogens is 244 g/mol. The molecular formula is C14H20N2O3. The number of carbonyl (C=O) groups excluding carboxylic acids is 2. The lowest BCUT2D eigenvalue weighted by Crippen LogP contribution is -2.35. The summed E-state index contributed by atoms with van der Waals surface area (Å²) in [5.74, 6) is -0.822. The first kappa shape index (κ1) is 15.0. The zero-order chi connectivity index (χ0) is 14.4. The minimum absolute atomic E-state index is 0.0740. The van der Waals surface area contributed by atoms with E-state index in [1.54, 1.807) is 18.2 Å². The number of aryl methyl sites for hydroxylation is 1. The number of carbonyl (C=O) groups is 2. The molecule has 0 aliphatic heterocycles. The summed E-state index contributed by atoms with van der Waals surface area (Å²) in [6, 6.07) is 4.94. The number of hydrogen-bond acceptors (Lipinski definition) is 4. The van der Waals surface area contributed by atoms with Crippen LogP contribution in [-0.2, 0) is 9.53 Å². The molecule has 0 radical (unpaired) electrons. The van der Waals surface area contributed by atoms with Crippen molar-refractivity contribution in [2.24, 2.45) is 0 Å². The molecule has 1 atom stereocenters. The lowest BCUT2D eigenvalue weighted by Gasteiger charge is -2.11. The van der Waals surface area contributed by atoms with Crippen molar-refractivity contribution < 1.29 is 14.3 Å². The van der Waals surface area contributed by atoms with E-state index in [1.165, 1.54) is 0 Å². The fourth-order valence-electron chi connectivity index (χ4n) is 1.44. The predicted molar refractivity (Wildman–Crippen MR) is 73.8 cm³/mol. The molecule has 0 spiro atoms. The van der Waals surface area contributed by atoms with Gasteiger partial charge < -0.3 is 15.8 Å². The quantitative estimate of drug-likeness (QED) is 0.626. The molecule has 1 aromatic carbocycles. The number of nitrogens with one attached hydrogen (secondary N) is 1. The fraction of sp³-hybridized carbons (Fsp3) is 0.429. The highest BCUT2D eigenvalue weighted by atomic mass is 16.5. The van der Waals surface area contributed by atoms with Crippen LogP contribution in [0.4, 0.5) is 5.69 Å². The number of esters is 1. The van der Waals surface area contributed by atoms with E-state index in [-0.39, 0.29) is 18.6 Å². The van der Waals surface area contributed by atoms with Crippen LogP contribution in [0, 0.1) is 6.92 Å². The van der Waals surface area contributed by atoms with E-state index >= 15 is 0 Å². The molecule has 0 saturated heterocycles. The van der Waals surface area contributed by atoms with Crippen LogP contribution < -0.4 is 11.1 Å². The van der Waals surface area contributed by atoms with Crippen LogP contribution in [-0.4, -0.2) is 24.5 Å². The molecule has 0 aromatic heterocycles. The van der Waals surface area contributed by atoms with E-state index in [0.717, 1.165) is 12.0 Å². The van der Waals surface area contributed by atoms with Crippen LogP contribution >= 0.6 is 0 Å². The minimum atomic E-state index is -0.526. The zero-order valence-electron chi connectivity index (χ0n) is 11.5.